The van der Waals surface area contributed by atoms with Gasteiger partial charge in [-0.3, -0.25) is 4.57 Å². The number of aliphatic hydroxyl groups is 2. The van der Waals surface area contributed by atoms with E-state index < -0.39 is 36.2 Å². The van der Waals surface area contributed by atoms with Crippen molar-refractivity contribution >= 4 is 34.6 Å². The standard InChI is InChI=1S/C45H42N6O8/c1-46-43-48-40-37(41(49-43)59-44(54)51(32-15-9-5-10-16-32)33-17-11-6-12-18-33)47-28-50(40)42-39(53)38(52)36(58-42)27-57-45(29-13-7-4-8-14-29,30-19-23-34(55-2)24-20-30)31-21-25-35(56-3)26-22-31/h4-26,28,36,38-39,42,52-53H,27H2,1-3H3,(H,46,48,49)/t36-,38-,39-,42-/m1/s1. The number of carbonyl (C=O) groups excluding carboxylic acids is 1. The Kier molecular flexibility index (Phi) is 11.2. The molecule has 4 atom stereocenters. The number of aliphatic hydroxyl groups excluding tert-OH is 2. The van der Waals surface area contributed by atoms with Crippen LogP contribution >= 0.6 is 0 Å². The lowest BCUT2D eigenvalue weighted by molar-refractivity contribution is -0.0942. The first kappa shape index (κ1) is 39.0. The number of anilines is 3. The molecule has 0 spiro atoms. The Balaban J connectivity index is 1.11. The summed E-state index contributed by atoms with van der Waals surface area (Å²) in [6.07, 6.45) is -4.33. The van der Waals surface area contributed by atoms with Crippen molar-refractivity contribution in [1.29, 1.82) is 0 Å². The SMILES string of the molecule is CNc1nc(OC(=O)N(c2ccccc2)c2ccccc2)c2ncn([C@@H]3O[C@H](COC(c4ccccc4)(c4ccc(OC)cc4)c4ccc(OC)cc4)[C@@H](O)[C@H]3O)c2n1. The number of methoxy groups -OCH3 is 2. The van der Waals surface area contributed by atoms with E-state index in [-0.39, 0.29) is 29.6 Å². The van der Waals surface area contributed by atoms with Crippen LogP contribution < -0.4 is 24.4 Å². The molecule has 3 heterocycles. The molecule has 5 aromatic carbocycles. The predicted molar refractivity (Wildman–Crippen MR) is 220 cm³/mol. The number of ether oxygens (including phenoxy) is 5. The minimum atomic E-state index is -1.43. The highest BCUT2D eigenvalue weighted by atomic mass is 16.6. The van der Waals surface area contributed by atoms with Crippen LogP contribution in [0, 0.1) is 0 Å². The van der Waals surface area contributed by atoms with Crippen LogP contribution in [-0.4, -0.2) is 82.0 Å². The van der Waals surface area contributed by atoms with Gasteiger partial charge in [0.1, 0.15) is 35.4 Å². The number of fused-ring (bicyclic) bond motifs is 1. The van der Waals surface area contributed by atoms with Crippen molar-refractivity contribution in [3.8, 4) is 17.4 Å². The summed E-state index contributed by atoms with van der Waals surface area (Å²) in [6.45, 7) is -0.150. The van der Waals surface area contributed by atoms with Gasteiger partial charge < -0.3 is 39.2 Å². The van der Waals surface area contributed by atoms with Gasteiger partial charge in [-0.2, -0.15) is 9.97 Å². The van der Waals surface area contributed by atoms with E-state index in [0.29, 0.717) is 22.9 Å². The van der Waals surface area contributed by atoms with E-state index in [0.717, 1.165) is 16.7 Å². The van der Waals surface area contributed by atoms with Gasteiger partial charge in [0.25, 0.3) is 5.88 Å². The number of carbonyl (C=O) groups is 1. The molecule has 59 heavy (non-hydrogen) atoms. The quantitative estimate of drug-likeness (QED) is 0.104. The fourth-order valence-electron chi connectivity index (χ4n) is 7.28. The monoisotopic (exact) mass is 794 g/mol. The van der Waals surface area contributed by atoms with E-state index in [1.165, 1.54) is 15.8 Å². The second-order valence-electron chi connectivity index (χ2n) is 13.7. The fraction of sp³-hybridized carbons (Fsp3) is 0.200. The molecule has 8 rings (SSSR count). The zero-order valence-corrected chi connectivity index (χ0v) is 32.5. The maximum Gasteiger partial charge on any atom is 0.425 e. The molecule has 1 fully saturated rings. The van der Waals surface area contributed by atoms with Crippen LogP contribution in [0.25, 0.3) is 11.2 Å². The average molecular weight is 795 g/mol. The van der Waals surface area contributed by atoms with E-state index in [1.54, 1.807) is 45.5 Å². The molecule has 1 aliphatic rings. The summed E-state index contributed by atoms with van der Waals surface area (Å²) in [4.78, 5) is 28.9. The molecule has 0 radical (unpaired) electrons. The van der Waals surface area contributed by atoms with Crippen LogP contribution in [0.4, 0.5) is 22.1 Å². The Morgan fingerprint density at radius 2 is 1.27 bits per heavy atom. The molecule has 0 unspecified atom stereocenters. The molecule has 14 nitrogen and oxygen atoms in total. The number of amides is 1. The molecule has 0 bridgehead atoms. The van der Waals surface area contributed by atoms with Crippen molar-refractivity contribution in [2.45, 2.75) is 30.1 Å². The lowest BCUT2D eigenvalue weighted by Gasteiger charge is -2.37. The molecule has 1 saturated heterocycles. The number of aromatic nitrogens is 4. The third-order valence-corrected chi connectivity index (χ3v) is 10.3. The zero-order valence-electron chi connectivity index (χ0n) is 32.5. The topological polar surface area (TPSA) is 163 Å². The van der Waals surface area contributed by atoms with Gasteiger partial charge in [0.2, 0.25) is 5.95 Å². The maximum absolute atomic E-state index is 13.9. The zero-order chi connectivity index (χ0) is 40.9. The van der Waals surface area contributed by atoms with Gasteiger partial charge >= 0.3 is 6.09 Å². The van der Waals surface area contributed by atoms with Crippen LogP contribution in [0.1, 0.15) is 22.9 Å². The molecule has 3 N–H and O–H groups in total. The number of imidazole rings is 1. The van der Waals surface area contributed by atoms with Gasteiger partial charge in [0.15, 0.2) is 17.4 Å². The summed E-state index contributed by atoms with van der Waals surface area (Å²) < 4.78 is 31.8. The van der Waals surface area contributed by atoms with Crippen molar-refractivity contribution in [3.05, 3.63) is 163 Å². The molecular formula is C45H42N6O8. The van der Waals surface area contributed by atoms with E-state index >= 15 is 0 Å². The minimum absolute atomic E-state index is 0.118. The highest BCUT2D eigenvalue weighted by Gasteiger charge is 2.47. The lowest BCUT2D eigenvalue weighted by atomic mass is 9.80. The van der Waals surface area contributed by atoms with E-state index in [4.69, 9.17) is 23.7 Å². The molecule has 14 heteroatoms. The van der Waals surface area contributed by atoms with Crippen molar-refractivity contribution in [2.24, 2.45) is 0 Å². The molecule has 2 aromatic heterocycles. The molecular weight excluding hydrogens is 753 g/mol. The Morgan fingerprint density at radius 3 is 1.80 bits per heavy atom. The maximum atomic E-state index is 13.9. The lowest BCUT2D eigenvalue weighted by Crippen LogP contribution is -2.39. The number of para-hydroxylation sites is 2. The Bertz CT molecular complexity index is 2400. The van der Waals surface area contributed by atoms with Crippen LogP contribution in [0.15, 0.2) is 146 Å². The number of rotatable bonds is 13. The summed E-state index contributed by atoms with van der Waals surface area (Å²) >= 11 is 0. The van der Waals surface area contributed by atoms with Gasteiger partial charge in [-0.15, -0.1) is 0 Å². The molecule has 1 amide bonds. The third kappa shape index (κ3) is 7.53. The molecule has 1 aliphatic heterocycles. The smallest absolute Gasteiger partial charge is 0.425 e. The first-order valence-electron chi connectivity index (χ1n) is 18.9. The van der Waals surface area contributed by atoms with Crippen molar-refractivity contribution in [1.82, 2.24) is 19.5 Å². The second-order valence-corrected chi connectivity index (χ2v) is 13.7. The van der Waals surface area contributed by atoms with Gasteiger partial charge in [-0.1, -0.05) is 91.0 Å². The van der Waals surface area contributed by atoms with Crippen LogP contribution in [-0.2, 0) is 15.1 Å². The molecule has 0 saturated carbocycles. The number of benzene rings is 5. The summed E-state index contributed by atoms with van der Waals surface area (Å²) in [5.74, 6) is 1.34. The normalized spacial score (nSPS) is 17.7. The first-order chi connectivity index (χ1) is 28.8. The van der Waals surface area contributed by atoms with Crippen molar-refractivity contribution in [2.75, 3.05) is 38.1 Å². The minimum Gasteiger partial charge on any atom is -0.497 e. The van der Waals surface area contributed by atoms with Crippen molar-refractivity contribution in [3.63, 3.8) is 0 Å². The van der Waals surface area contributed by atoms with Crippen molar-refractivity contribution < 1.29 is 38.7 Å². The first-order valence-corrected chi connectivity index (χ1v) is 18.9. The van der Waals surface area contributed by atoms with Gasteiger partial charge in [0, 0.05) is 7.05 Å². The summed E-state index contributed by atoms with van der Waals surface area (Å²) in [5, 5.41) is 26.0. The van der Waals surface area contributed by atoms with Gasteiger partial charge in [0.05, 0.1) is 38.5 Å². The second kappa shape index (κ2) is 16.9. The number of nitrogens with one attached hydrogen (secondary N) is 1. The van der Waals surface area contributed by atoms with E-state index in [1.807, 2.05) is 115 Å². The summed E-state index contributed by atoms with van der Waals surface area (Å²) in [6, 6.07) is 43.0. The molecule has 7 aromatic rings. The summed E-state index contributed by atoms with van der Waals surface area (Å²) in [7, 11) is 4.83. The van der Waals surface area contributed by atoms with Crippen LogP contribution in [0.2, 0.25) is 0 Å². The van der Waals surface area contributed by atoms with Crippen LogP contribution in [0.3, 0.4) is 0 Å². The fourth-order valence-corrected chi connectivity index (χ4v) is 7.28. The highest BCUT2D eigenvalue weighted by Crippen LogP contribution is 2.43. The largest absolute Gasteiger partial charge is 0.497 e. The molecule has 0 aliphatic carbocycles. The van der Waals surface area contributed by atoms with E-state index in [9.17, 15) is 15.0 Å². The Hall–Kier alpha value is -6.84. The third-order valence-electron chi connectivity index (χ3n) is 10.3. The summed E-state index contributed by atoms with van der Waals surface area (Å²) in [5.41, 5.74) is 2.66. The number of hydrogen-bond donors (Lipinski definition) is 3. The predicted octanol–water partition coefficient (Wildman–Crippen LogP) is 6.85. The van der Waals surface area contributed by atoms with Gasteiger partial charge in [-0.25, -0.2) is 14.7 Å². The highest BCUT2D eigenvalue weighted by molar-refractivity contribution is 5.98. The molecule has 300 valence electrons. The average Bonchev–Trinajstić information content (AvgIpc) is 3.84. The number of nitrogens with zero attached hydrogens (tertiary/aromatic N) is 5. The Labute approximate surface area is 340 Å². The Morgan fingerprint density at radius 1 is 0.746 bits per heavy atom. The number of hydrogen-bond acceptors (Lipinski definition) is 12. The van der Waals surface area contributed by atoms with E-state index in [2.05, 4.69) is 20.3 Å². The van der Waals surface area contributed by atoms with Crippen LogP contribution in [0.5, 0.6) is 17.4 Å². The van der Waals surface area contributed by atoms with Gasteiger partial charge in [-0.05, 0) is 65.2 Å².